The van der Waals surface area contributed by atoms with E-state index >= 15 is 0 Å². The Morgan fingerprint density at radius 2 is 1.89 bits per heavy atom. The fraction of sp³-hybridized carbons (Fsp3) is 0.400. The second kappa shape index (κ2) is 8.73. The number of benzene rings is 2. The van der Waals surface area contributed by atoms with Crippen LogP contribution in [-0.4, -0.2) is 43.2 Å². The third kappa shape index (κ3) is 5.10. The van der Waals surface area contributed by atoms with E-state index < -0.39 is 0 Å². The van der Waals surface area contributed by atoms with Gasteiger partial charge in [0.15, 0.2) is 0 Å². The molecule has 0 saturated carbocycles. The SMILES string of the molecule is C[C@@H]1CN(c2ccc([N+](=O)[O-])c(NCCOc3ccccc3)c2)C[C@H](C)[NH2+]1. The lowest BCUT2D eigenvalue weighted by Crippen LogP contribution is -2.99. The van der Waals surface area contributed by atoms with Crippen LogP contribution in [0.2, 0.25) is 0 Å². The maximum Gasteiger partial charge on any atom is 0.292 e. The molecular formula is C20H27N4O3+. The topological polar surface area (TPSA) is 84.2 Å². The number of hydrogen-bond donors (Lipinski definition) is 2. The average Bonchev–Trinajstić information content (AvgIpc) is 2.65. The van der Waals surface area contributed by atoms with Crippen molar-refractivity contribution in [3.8, 4) is 5.75 Å². The fourth-order valence-electron chi connectivity index (χ4n) is 3.56. The zero-order valence-electron chi connectivity index (χ0n) is 15.8. The van der Waals surface area contributed by atoms with Crippen molar-refractivity contribution in [1.82, 2.24) is 0 Å². The molecule has 7 heteroatoms. The summed E-state index contributed by atoms with van der Waals surface area (Å²) in [6.45, 7) is 7.18. The second-order valence-corrected chi connectivity index (χ2v) is 7.10. The predicted octanol–water partition coefficient (Wildman–Crippen LogP) is 2.25. The number of ether oxygens (including phenoxy) is 1. The highest BCUT2D eigenvalue weighted by atomic mass is 16.6. The first-order valence-electron chi connectivity index (χ1n) is 9.33. The van der Waals surface area contributed by atoms with Crippen molar-refractivity contribution in [3.63, 3.8) is 0 Å². The van der Waals surface area contributed by atoms with Gasteiger partial charge in [-0.3, -0.25) is 10.1 Å². The van der Waals surface area contributed by atoms with Gasteiger partial charge >= 0.3 is 0 Å². The molecule has 2 atom stereocenters. The molecule has 0 aliphatic carbocycles. The summed E-state index contributed by atoms with van der Waals surface area (Å²) < 4.78 is 5.66. The summed E-state index contributed by atoms with van der Waals surface area (Å²) in [5, 5.41) is 16.9. The lowest BCUT2D eigenvalue weighted by Gasteiger charge is -2.35. The van der Waals surface area contributed by atoms with E-state index in [1.54, 1.807) is 6.07 Å². The molecule has 0 aromatic heterocycles. The van der Waals surface area contributed by atoms with E-state index in [9.17, 15) is 10.1 Å². The van der Waals surface area contributed by atoms with Crippen molar-refractivity contribution in [2.75, 3.05) is 36.5 Å². The van der Waals surface area contributed by atoms with Crippen molar-refractivity contribution in [2.24, 2.45) is 0 Å². The van der Waals surface area contributed by atoms with Crippen LogP contribution in [0.25, 0.3) is 0 Å². The van der Waals surface area contributed by atoms with Gasteiger partial charge in [0.25, 0.3) is 5.69 Å². The van der Waals surface area contributed by atoms with Crippen LogP contribution < -0.4 is 20.3 Å². The van der Waals surface area contributed by atoms with E-state index in [2.05, 4.69) is 29.4 Å². The number of rotatable bonds is 7. The molecular weight excluding hydrogens is 344 g/mol. The molecule has 1 aliphatic heterocycles. The van der Waals surface area contributed by atoms with E-state index in [0.29, 0.717) is 30.9 Å². The molecule has 7 nitrogen and oxygen atoms in total. The smallest absolute Gasteiger partial charge is 0.292 e. The number of nitro groups is 1. The van der Waals surface area contributed by atoms with Crippen molar-refractivity contribution in [2.45, 2.75) is 25.9 Å². The van der Waals surface area contributed by atoms with Gasteiger partial charge in [0, 0.05) is 18.3 Å². The Morgan fingerprint density at radius 1 is 1.19 bits per heavy atom. The van der Waals surface area contributed by atoms with Gasteiger partial charge in [0.05, 0.1) is 18.0 Å². The highest BCUT2D eigenvalue weighted by Gasteiger charge is 2.25. The van der Waals surface area contributed by atoms with Gasteiger partial charge < -0.3 is 20.3 Å². The van der Waals surface area contributed by atoms with Crippen molar-refractivity contribution >= 4 is 17.1 Å². The van der Waals surface area contributed by atoms with Crippen LogP contribution in [-0.2, 0) is 0 Å². The van der Waals surface area contributed by atoms with Crippen LogP contribution >= 0.6 is 0 Å². The molecule has 0 spiro atoms. The van der Waals surface area contributed by atoms with E-state index in [1.807, 2.05) is 42.5 Å². The molecule has 1 heterocycles. The molecule has 1 aliphatic rings. The lowest BCUT2D eigenvalue weighted by atomic mass is 10.1. The average molecular weight is 371 g/mol. The van der Waals surface area contributed by atoms with Crippen molar-refractivity contribution in [3.05, 3.63) is 58.6 Å². The number of quaternary nitrogens is 1. The number of nitro benzene ring substituents is 1. The zero-order chi connectivity index (χ0) is 19.2. The first kappa shape index (κ1) is 19.0. The molecule has 3 rings (SSSR count). The summed E-state index contributed by atoms with van der Waals surface area (Å²) in [4.78, 5) is 13.3. The molecule has 0 radical (unpaired) electrons. The molecule has 1 saturated heterocycles. The Kier molecular flexibility index (Phi) is 6.13. The summed E-state index contributed by atoms with van der Waals surface area (Å²) in [7, 11) is 0. The monoisotopic (exact) mass is 371 g/mol. The number of para-hydroxylation sites is 1. The molecule has 0 amide bonds. The van der Waals surface area contributed by atoms with Crippen molar-refractivity contribution in [1.29, 1.82) is 0 Å². The first-order chi connectivity index (χ1) is 13.0. The molecule has 27 heavy (non-hydrogen) atoms. The van der Waals surface area contributed by atoms with Gasteiger partial charge in [-0.15, -0.1) is 0 Å². The second-order valence-electron chi connectivity index (χ2n) is 7.10. The van der Waals surface area contributed by atoms with E-state index in [1.165, 1.54) is 0 Å². The quantitative estimate of drug-likeness (QED) is 0.443. The summed E-state index contributed by atoms with van der Waals surface area (Å²) in [6.07, 6.45) is 0. The molecule has 0 bridgehead atoms. The Morgan fingerprint density at radius 3 is 2.56 bits per heavy atom. The zero-order valence-corrected chi connectivity index (χ0v) is 15.8. The Balaban J connectivity index is 1.67. The molecule has 2 aromatic rings. The summed E-state index contributed by atoms with van der Waals surface area (Å²) in [6, 6.07) is 15.8. The number of hydrogen-bond acceptors (Lipinski definition) is 5. The predicted molar refractivity (Wildman–Crippen MR) is 107 cm³/mol. The third-order valence-electron chi connectivity index (χ3n) is 4.65. The van der Waals surface area contributed by atoms with Crippen LogP contribution in [0.5, 0.6) is 5.75 Å². The minimum absolute atomic E-state index is 0.0862. The van der Waals surface area contributed by atoms with Gasteiger partial charge in [-0.2, -0.15) is 0 Å². The largest absolute Gasteiger partial charge is 0.492 e. The van der Waals surface area contributed by atoms with Crippen LogP contribution in [0.1, 0.15) is 13.8 Å². The number of nitrogens with one attached hydrogen (secondary N) is 1. The summed E-state index contributed by atoms with van der Waals surface area (Å²) in [5.74, 6) is 0.787. The Labute approximate surface area is 159 Å². The maximum atomic E-state index is 11.4. The van der Waals surface area contributed by atoms with Crippen LogP contribution in [0.4, 0.5) is 17.1 Å². The number of anilines is 2. The third-order valence-corrected chi connectivity index (χ3v) is 4.65. The normalized spacial score (nSPS) is 19.6. The van der Waals surface area contributed by atoms with Crippen LogP contribution in [0.3, 0.4) is 0 Å². The molecule has 2 aromatic carbocycles. The highest BCUT2D eigenvalue weighted by Crippen LogP contribution is 2.30. The van der Waals surface area contributed by atoms with E-state index in [-0.39, 0.29) is 10.6 Å². The van der Waals surface area contributed by atoms with E-state index in [0.717, 1.165) is 24.5 Å². The maximum absolute atomic E-state index is 11.4. The highest BCUT2D eigenvalue weighted by molar-refractivity contribution is 5.69. The standard InChI is InChI=1S/C20H26N4O3/c1-15-13-23(14-16(2)22-15)17-8-9-20(24(25)26)19(12-17)21-10-11-27-18-6-4-3-5-7-18/h3-9,12,15-16,21-22H,10-11,13-14H2,1-2H3/p+1/t15-,16+. The number of nitrogens with two attached hydrogens (primary N) is 1. The van der Waals surface area contributed by atoms with Crippen LogP contribution in [0, 0.1) is 10.1 Å². The number of piperazine rings is 1. The minimum Gasteiger partial charge on any atom is -0.492 e. The Hall–Kier alpha value is -2.80. The first-order valence-corrected chi connectivity index (χ1v) is 9.33. The lowest BCUT2D eigenvalue weighted by molar-refractivity contribution is -0.716. The van der Waals surface area contributed by atoms with Crippen LogP contribution in [0.15, 0.2) is 48.5 Å². The number of nitrogens with zero attached hydrogens (tertiary/aromatic N) is 2. The Bertz CT molecular complexity index is 759. The van der Waals surface area contributed by atoms with Gasteiger partial charge in [-0.05, 0) is 38.1 Å². The van der Waals surface area contributed by atoms with Gasteiger partial charge in [0.2, 0.25) is 0 Å². The summed E-state index contributed by atoms with van der Waals surface area (Å²) in [5.41, 5.74) is 1.63. The van der Waals surface area contributed by atoms with E-state index in [4.69, 9.17) is 4.74 Å². The fourth-order valence-corrected chi connectivity index (χ4v) is 3.56. The molecule has 3 N–H and O–H groups in total. The van der Waals surface area contributed by atoms with Gasteiger partial charge in [-0.1, -0.05) is 18.2 Å². The van der Waals surface area contributed by atoms with Gasteiger partial charge in [-0.25, -0.2) is 0 Å². The molecule has 0 unspecified atom stereocenters. The minimum atomic E-state index is -0.348. The van der Waals surface area contributed by atoms with Crippen molar-refractivity contribution < 1.29 is 15.0 Å². The molecule has 1 fully saturated rings. The summed E-state index contributed by atoms with van der Waals surface area (Å²) >= 11 is 0. The van der Waals surface area contributed by atoms with Gasteiger partial charge in [0.1, 0.15) is 30.1 Å². The molecule has 144 valence electrons.